The Balaban J connectivity index is 1.39. The predicted molar refractivity (Wildman–Crippen MR) is 180 cm³/mol. The number of aryl methyl sites for hydroxylation is 1. The quantitative estimate of drug-likeness (QED) is 0.204. The first-order valence-electron chi connectivity index (χ1n) is 14.4. The smallest absolute Gasteiger partial charge is 0.0546 e. The molecule has 7 aromatic rings. The second kappa shape index (κ2) is 11.2. The SMILES string of the molecule is Cc1ccc2cc(-c3cccc(-c4cccc(-c5ccccc5)c4)c3)cc(N(c3ccccc3)c3ccccc3)c2c1. The highest BCUT2D eigenvalue weighted by molar-refractivity contribution is 6.02. The average Bonchev–Trinajstić information content (AvgIpc) is 3.06. The molecule has 0 aliphatic heterocycles. The number of fused-ring (bicyclic) bond motifs is 1. The molecule has 0 fully saturated rings. The van der Waals surface area contributed by atoms with Crippen molar-refractivity contribution < 1.29 is 0 Å². The van der Waals surface area contributed by atoms with Crippen LogP contribution < -0.4 is 4.90 Å². The molecule has 0 saturated heterocycles. The van der Waals surface area contributed by atoms with E-state index in [0.29, 0.717) is 0 Å². The standard InChI is InChI=1S/C41H31N/c1-30-23-24-36-28-37(29-41(40(36)25-30)42(38-19-7-3-8-20-38)39-21-9-4-10-22-39)35-18-12-17-34(27-35)33-16-11-15-32(26-33)31-13-5-2-6-14-31/h2-29H,1H3. The van der Waals surface area contributed by atoms with Crippen LogP contribution in [-0.4, -0.2) is 0 Å². The van der Waals surface area contributed by atoms with E-state index in [0.717, 1.165) is 11.4 Å². The largest absolute Gasteiger partial charge is 0.310 e. The fourth-order valence-corrected chi connectivity index (χ4v) is 5.77. The highest BCUT2D eigenvalue weighted by Gasteiger charge is 2.17. The number of rotatable bonds is 6. The van der Waals surface area contributed by atoms with Crippen LogP contribution in [0, 0.1) is 6.92 Å². The van der Waals surface area contributed by atoms with E-state index in [1.54, 1.807) is 0 Å². The van der Waals surface area contributed by atoms with Crippen molar-refractivity contribution >= 4 is 27.8 Å². The van der Waals surface area contributed by atoms with Gasteiger partial charge in [0.25, 0.3) is 0 Å². The van der Waals surface area contributed by atoms with Crippen molar-refractivity contribution in [1.29, 1.82) is 0 Å². The number of hydrogen-bond donors (Lipinski definition) is 0. The Labute approximate surface area is 248 Å². The van der Waals surface area contributed by atoms with Gasteiger partial charge < -0.3 is 4.90 Å². The third kappa shape index (κ3) is 5.09. The maximum absolute atomic E-state index is 2.37. The lowest BCUT2D eigenvalue weighted by atomic mass is 9.94. The van der Waals surface area contributed by atoms with Crippen LogP contribution in [0.1, 0.15) is 5.56 Å². The lowest BCUT2D eigenvalue weighted by Gasteiger charge is -2.27. The lowest BCUT2D eigenvalue weighted by Crippen LogP contribution is -2.10. The first-order chi connectivity index (χ1) is 20.7. The fraction of sp³-hybridized carbons (Fsp3) is 0.0244. The number of hydrogen-bond acceptors (Lipinski definition) is 1. The molecular weight excluding hydrogens is 506 g/mol. The van der Waals surface area contributed by atoms with E-state index in [9.17, 15) is 0 Å². The first-order valence-corrected chi connectivity index (χ1v) is 14.4. The van der Waals surface area contributed by atoms with E-state index in [4.69, 9.17) is 0 Å². The average molecular weight is 538 g/mol. The van der Waals surface area contributed by atoms with Crippen LogP contribution >= 0.6 is 0 Å². The Morgan fingerprint density at radius 3 is 1.40 bits per heavy atom. The van der Waals surface area contributed by atoms with Gasteiger partial charge in [0.2, 0.25) is 0 Å². The van der Waals surface area contributed by atoms with Gasteiger partial charge in [0, 0.05) is 16.8 Å². The third-order valence-corrected chi connectivity index (χ3v) is 7.86. The predicted octanol–water partition coefficient (Wildman–Crippen LogP) is 11.6. The molecule has 0 bridgehead atoms. The topological polar surface area (TPSA) is 3.24 Å². The fourth-order valence-electron chi connectivity index (χ4n) is 5.77. The van der Waals surface area contributed by atoms with Crippen LogP contribution in [0.15, 0.2) is 170 Å². The van der Waals surface area contributed by atoms with Gasteiger partial charge in [0.05, 0.1) is 5.69 Å². The molecule has 0 heterocycles. The molecule has 7 rings (SSSR count). The Bertz CT molecular complexity index is 1940. The summed E-state index contributed by atoms with van der Waals surface area (Å²) in [5, 5.41) is 2.46. The maximum Gasteiger partial charge on any atom is 0.0546 e. The monoisotopic (exact) mass is 537 g/mol. The summed E-state index contributed by atoms with van der Waals surface area (Å²) in [5.74, 6) is 0. The van der Waals surface area contributed by atoms with E-state index in [1.165, 1.54) is 55.4 Å². The van der Waals surface area contributed by atoms with Crippen LogP contribution in [0.3, 0.4) is 0 Å². The number of benzene rings is 7. The minimum Gasteiger partial charge on any atom is -0.310 e. The molecule has 0 N–H and O–H groups in total. The minimum absolute atomic E-state index is 1.13. The minimum atomic E-state index is 1.13. The second-order valence-corrected chi connectivity index (χ2v) is 10.8. The van der Waals surface area contributed by atoms with Gasteiger partial charge in [-0.25, -0.2) is 0 Å². The van der Waals surface area contributed by atoms with Crippen molar-refractivity contribution in [3.05, 3.63) is 175 Å². The van der Waals surface area contributed by atoms with Crippen LogP contribution in [0.25, 0.3) is 44.2 Å². The van der Waals surface area contributed by atoms with Gasteiger partial charge in [0.1, 0.15) is 0 Å². The molecule has 0 unspecified atom stereocenters. The van der Waals surface area contributed by atoms with E-state index < -0.39 is 0 Å². The van der Waals surface area contributed by atoms with Crippen LogP contribution in [0.2, 0.25) is 0 Å². The van der Waals surface area contributed by atoms with Gasteiger partial charge in [-0.05, 0) is 100 Å². The lowest BCUT2D eigenvalue weighted by molar-refractivity contribution is 1.30. The van der Waals surface area contributed by atoms with E-state index in [-0.39, 0.29) is 0 Å². The zero-order valence-electron chi connectivity index (χ0n) is 23.6. The van der Waals surface area contributed by atoms with Crippen molar-refractivity contribution in [1.82, 2.24) is 0 Å². The van der Waals surface area contributed by atoms with Crippen LogP contribution in [0.4, 0.5) is 17.1 Å². The Morgan fingerprint density at radius 1 is 0.357 bits per heavy atom. The van der Waals surface area contributed by atoms with Gasteiger partial charge in [0.15, 0.2) is 0 Å². The Kier molecular flexibility index (Phi) is 6.84. The Hall–Kier alpha value is -5.40. The number of anilines is 3. The van der Waals surface area contributed by atoms with Crippen molar-refractivity contribution in [3.63, 3.8) is 0 Å². The molecule has 0 saturated carbocycles. The molecule has 0 spiro atoms. The van der Waals surface area contributed by atoms with Gasteiger partial charge in [-0.3, -0.25) is 0 Å². The summed E-state index contributed by atoms with van der Waals surface area (Å²) < 4.78 is 0. The molecule has 0 aliphatic rings. The first kappa shape index (κ1) is 25.6. The van der Waals surface area contributed by atoms with Gasteiger partial charge in [-0.15, -0.1) is 0 Å². The summed E-state index contributed by atoms with van der Waals surface area (Å²) in [6, 6.07) is 61.1. The van der Waals surface area contributed by atoms with Crippen molar-refractivity contribution in [3.8, 4) is 33.4 Å². The highest BCUT2D eigenvalue weighted by atomic mass is 15.1. The van der Waals surface area contributed by atoms with Crippen molar-refractivity contribution in [2.45, 2.75) is 6.92 Å². The molecule has 0 aromatic heterocycles. The summed E-state index contributed by atoms with van der Waals surface area (Å²) in [5.41, 5.74) is 11.9. The molecule has 0 radical (unpaired) electrons. The van der Waals surface area contributed by atoms with Gasteiger partial charge >= 0.3 is 0 Å². The molecule has 42 heavy (non-hydrogen) atoms. The zero-order valence-corrected chi connectivity index (χ0v) is 23.6. The molecule has 1 nitrogen and oxygen atoms in total. The van der Waals surface area contributed by atoms with E-state index >= 15 is 0 Å². The van der Waals surface area contributed by atoms with Crippen LogP contribution in [0.5, 0.6) is 0 Å². The zero-order chi connectivity index (χ0) is 28.3. The van der Waals surface area contributed by atoms with E-state index in [2.05, 4.69) is 182 Å². The molecule has 7 aromatic carbocycles. The number of nitrogens with zero attached hydrogens (tertiary/aromatic N) is 1. The summed E-state index contributed by atoms with van der Waals surface area (Å²) in [6.45, 7) is 2.17. The van der Waals surface area contributed by atoms with Crippen molar-refractivity contribution in [2.24, 2.45) is 0 Å². The van der Waals surface area contributed by atoms with E-state index in [1.807, 2.05) is 0 Å². The molecule has 1 heteroatoms. The summed E-state index contributed by atoms with van der Waals surface area (Å²) in [4.78, 5) is 2.37. The molecular formula is C41H31N. The highest BCUT2D eigenvalue weighted by Crippen LogP contribution is 2.42. The van der Waals surface area contributed by atoms with Gasteiger partial charge in [-0.2, -0.15) is 0 Å². The maximum atomic E-state index is 2.37. The second-order valence-electron chi connectivity index (χ2n) is 10.8. The third-order valence-electron chi connectivity index (χ3n) is 7.86. The Morgan fingerprint density at radius 2 is 0.833 bits per heavy atom. The number of para-hydroxylation sites is 2. The molecule has 0 amide bonds. The summed E-state index contributed by atoms with van der Waals surface area (Å²) in [6.07, 6.45) is 0. The van der Waals surface area contributed by atoms with Gasteiger partial charge in [-0.1, -0.05) is 121 Å². The summed E-state index contributed by atoms with van der Waals surface area (Å²) >= 11 is 0. The summed E-state index contributed by atoms with van der Waals surface area (Å²) in [7, 11) is 0. The molecule has 0 aliphatic carbocycles. The normalized spacial score (nSPS) is 11.0. The van der Waals surface area contributed by atoms with Crippen LogP contribution in [-0.2, 0) is 0 Å². The molecule has 200 valence electrons. The van der Waals surface area contributed by atoms with Crippen molar-refractivity contribution in [2.75, 3.05) is 4.90 Å². The molecule has 0 atom stereocenters.